The van der Waals surface area contributed by atoms with E-state index in [0.29, 0.717) is 5.82 Å². The zero-order chi connectivity index (χ0) is 10.7. The zero-order valence-electron chi connectivity index (χ0n) is 8.59. The molecule has 0 amide bonds. The minimum atomic E-state index is -0.101. The van der Waals surface area contributed by atoms with Gasteiger partial charge in [0.05, 0.1) is 0 Å². The molecule has 4 nitrogen and oxygen atoms in total. The third-order valence-corrected chi connectivity index (χ3v) is 2.36. The van der Waals surface area contributed by atoms with Crippen molar-refractivity contribution >= 4 is 0 Å². The van der Waals surface area contributed by atoms with Crippen LogP contribution in [0.1, 0.15) is 18.3 Å². The number of aliphatic hydroxyl groups is 1. The first kappa shape index (κ1) is 9.86. The summed E-state index contributed by atoms with van der Waals surface area (Å²) in [5, 5.41) is 16.7. The van der Waals surface area contributed by atoms with Gasteiger partial charge in [-0.3, -0.25) is 4.57 Å². The minimum absolute atomic E-state index is 0.101. The number of hydrogen-bond acceptors (Lipinski definition) is 3. The van der Waals surface area contributed by atoms with Gasteiger partial charge in [0.2, 0.25) is 0 Å². The first-order chi connectivity index (χ1) is 7.35. The third kappa shape index (κ3) is 1.89. The fraction of sp³-hybridized carbons (Fsp3) is 0.273. The molecule has 0 atom stereocenters. The molecular formula is C11H13N3O. The van der Waals surface area contributed by atoms with Gasteiger partial charge in [0, 0.05) is 5.69 Å². The van der Waals surface area contributed by atoms with Crippen LogP contribution in [0.2, 0.25) is 0 Å². The summed E-state index contributed by atoms with van der Waals surface area (Å²) < 4.78 is 1.79. The molecule has 0 unspecified atom stereocenters. The van der Waals surface area contributed by atoms with Crippen molar-refractivity contribution in [2.75, 3.05) is 0 Å². The predicted octanol–water partition coefficient (Wildman–Crippen LogP) is 1.32. The van der Waals surface area contributed by atoms with Crippen molar-refractivity contribution in [3.8, 4) is 5.69 Å². The van der Waals surface area contributed by atoms with Crippen molar-refractivity contribution in [2.24, 2.45) is 0 Å². The molecular weight excluding hydrogens is 190 g/mol. The van der Waals surface area contributed by atoms with Gasteiger partial charge in [-0.05, 0) is 24.1 Å². The summed E-state index contributed by atoms with van der Waals surface area (Å²) in [7, 11) is 0. The molecule has 1 heterocycles. The summed E-state index contributed by atoms with van der Waals surface area (Å²) in [5.74, 6) is 0.559. The number of nitrogens with zero attached hydrogens (tertiary/aromatic N) is 3. The van der Waals surface area contributed by atoms with Crippen LogP contribution in [0.5, 0.6) is 0 Å². The molecule has 78 valence electrons. The molecule has 0 saturated heterocycles. The van der Waals surface area contributed by atoms with Gasteiger partial charge in [0.15, 0.2) is 5.82 Å². The Labute approximate surface area is 88.2 Å². The van der Waals surface area contributed by atoms with Crippen molar-refractivity contribution in [3.63, 3.8) is 0 Å². The molecule has 1 aromatic heterocycles. The van der Waals surface area contributed by atoms with Gasteiger partial charge in [-0.15, -0.1) is 10.2 Å². The molecule has 4 heteroatoms. The maximum atomic E-state index is 9.07. The highest BCUT2D eigenvalue weighted by Gasteiger charge is 2.04. The average molecular weight is 203 g/mol. The van der Waals surface area contributed by atoms with Crippen molar-refractivity contribution in [1.29, 1.82) is 0 Å². The molecule has 0 aliphatic rings. The Morgan fingerprint density at radius 3 is 3.00 bits per heavy atom. The van der Waals surface area contributed by atoms with E-state index in [1.807, 2.05) is 12.1 Å². The van der Waals surface area contributed by atoms with Gasteiger partial charge in [0.1, 0.15) is 12.9 Å². The van der Waals surface area contributed by atoms with Gasteiger partial charge in [-0.1, -0.05) is 19.1 Å². The topological polar surface area (TPSA) is 50.9 Å². The lowest BCUT2D eigenvalue weighted by atomic mass is 10.1. The standard InChI is InChI=1S/C11H13N3O/c1-2-9-4-3-5-10(6-9)14-8-12-13-11(14)7-15/h3-6,8,15H,2,7H2,1H3. The Balaban J connectivity index is 2.44. The van der Waals surface area contributed by atoms with E-state index >= 15 is 0 Å². The zero-order valence-corrected chi connectivity index (χ0v) is 8.59. The van der Waals surface area contributed by atoms with Crippen LogP contribution in [0, 0.1) is 0 Å². The summed E-state index contributed by atoms with van der Waals surface area (Å²) in [6.45, 7) is 2.01. The lowest BCUT2D eigenvalue weighted by molar-refractivity contribution is 0.269. The van der Waals surface area contributed by atoms with E-state index in [1.165, 1.54) is 5.56 Å². The first-order valence-corrected chi connectivity index (χ1v) is 4.94. The smallest absolute Gasteiger partial charge is 0.163 e. The summed E-state index contributed by atoms with van der Waals surface area (Å²) in [6.07, 6.45) is 2.60. The van der Waals surface area contributed by atoms with Crippen molar-refractivity contribution < 1.29 is 5.11 Å². The van der Waals surface area contributed by atoms with Crippen LogP contribution in [0.4, 0.5) is 0 Å². The minimum Gasteiger partial charge on any atom is -0.388 e. The highest BCUT2D eigenvalue weighted by molar-refractivity contribution is 5.36. The van der Waals surface area contributed by atoms with Crippen LogP contribution in [-0.4, -0.2) is 19.9 Å². The summed E-state index contributed by atoms with van der Waals surface area (Å²) >= 11 is 0. The predicted molar refractivity (Wildman–Crippen MR) is 56.7 cm³/mol. The maximum Gasteiger partial charge on any atom is 0.163 e. The molecule has 0 aliphatic carbocycles. The Bertz CT molecular complexity index is 451. The van der Waals surface area contributed by atoms with E-state index in [4.69, 9.17) is 5.11 Å². The molecule has 0 bridgehead atoms. The molecule has 1 N–H and O–H groups in total. The summed E-state index contributed by atoms with van der Waals surface area (Å²) in [5.41, 5.74) is 2.24. The van der Waals surface area contributed by atoms with Gasteiger partial charge < -0.3 is 5.11 Å². The molecule has 1 aromatic carbocycles. The van der Waals surface area contributed by atoms with E-state index in [-0.39, 0.29) is 6.61 Å². The number of aromatic nitrogens is 3. The van der Waals surface area contributed by atoms with Gasteiger partial charge in [0.25, 0.3) is 0 Å². The lowest BCUT2D eigenvalue weighted by Gasteiger charge is -2.06. The SMILES string of the molecule is CCc1cccc(-n2cnnc2CO)c1. The van der Waals surface area contributed by atoms with Crippen molar-refractivity contribution in [2.45, 2.75) is 20.0 Å². The lowest BCUT2D eigenvalue weighted by Crippen LogP contribution is -2.00. The fourth-order valence-electron chi connectivity index (χ4n) is 1.51. The molecule has 0 aliphatic heterocycles. The molecule has 2 aromatic rings. The van der Waals surface area contributed by atoms with Crippen LogP contribution in [0.25, 0.3) is 5.69 Å². The van der Waals surface area contributed by atoms with Crippen molar-refractivity contribution in [1.82, 2.24) is 14.8 Å². The number of hydrogen-bond donors (Lipinski definition) is 1. The van der Waals surface area contributed by atoms with E-state index in [1.54, 1.807) is 10.9 Å². The Hall–Kier alpha value is -1.68. The van der Waals surface area contributed by atoms with Gasteiger partial charge in [-0.2, -0.15) is 0 Å². The first-order valence-electron chi connectivity index (χ1n) is 4.94. The Morgan fingerprint density at radius 1 is 1.40 bits per heavy atom. The maximum absolute atomic E-state index is 9.07. The van der Waals surface area contributed by atoms with Crippen LogP contribution in [0.15, 0.2) is 30.6 Å². The summed E-state index contributed by atoms with van der Waals surface area (Å²) in [4.78, 5) is 0. The van der Waals surface area contributed by atoms with Crippen LogP contribution >= 0.6 is 0 Å². The quantitative estimate of drug-likeness (QED) is 0.818. The second kappa shape index (κ2) is 4.23. The average Bonchev–Trinajstić information content (AvgIpc) is 2.77. The highest BCUT2D eigenvalue weighted by atomic mass is 16.3. The van der Waals surface area contributed by atoms with E-state index in [2.05, 4.69) is 29.3 Å². The Morgan fingerprint density at radius 2 is 2.27 bits per heavy atom. The molecule has 15 heavy (non-hydrogen) atoms. The van der Waals surface area contributed by atoms with Crippen LogP contribution in [-0.2, 0) is 13.0 Å². The number of aryl methyl sites for hydroxylation is 1. The van der Waals surface area contributed by atoms with E-state index in [0.717, 1.165) is 12.1 Å². The molecule has 0 saturated carbocycles. The Kier molecular flexibility index (Phi) is 2.78. The van der Waals surface area contributed by atoms with Gasteiger partial charge >= 0.3 is 0 Å². The monoisotopic (exact) mass is 203 g/mol. The van der Waals surface area contributed by atoms with Crippen molar-refractivity contribution in [3.05, 3.63) is 42.0 Å². The summed E-state index contributed by atoms with van der Waals surface area (Å²) in [6, 6.07) is 8.12. The van der Waals surface area contributed by atoms with Gasteiger partial charge in [-0.25, -0.2) is 0 Å². The second-order valence-electron chi connectivity index (χ2n) is 3.30. The molecule has 0 radical (unpaired) electrons. The second-order valence-corrected chi connectivity index (χ2v) is 3.30. The van der Waals surface area contributed by atoms with E-state index < -0.39 is 0 Å². The van der Waals surface area contributed by atoms with Crippen LogP contribution < -0.4 is 0 Å². The largest absolute Gasteiger partial charge is 0.388 e. The van der Waals surface area contributed by atoms with Crippen LogP contribution in [0.3, 0.4) is 0 Å². The third-order valence-electron chi connectivity index (χ3n) is 2.36. The fourth-order valence-corrected chi connectivity index (χ4v) is 1.51. The number of rotatable bonds is 3. The number of aliphatic hydroxyl groups excluding tert-OH is 1. The number of benzene rings is 1. The molecule has 2 rings (SSSR count). The van der Waals surface area contributed by atoms with E-state index in [9.17, 15) is 0 Å². The molecule has 0 spiro atoms. The molecule has 0 fully saturated rings. The normalized spacial score (nSPS) is 10.5. The highest BCUT2D eigenvalue weighted by Crippen LogP contribution is 2.12.